The van der Waals surface area contributed by atoms with Crippen LogP contribution in [0.2, 0.25) is 0 Å². The van der Waals surface area contributed by atoms with E-state index in [-0.39, 0.29) is 29.4 Å². The van der Waals surface area contributed by atoms with Gasteiger partial charge in [-0.3, -0.25) is 14.2 Å². The van der Waals surface area contributed by atoms with E-state index >= 15 is 0 Å². The average Bonchev–Trinajstić information content (AvgIpc) is 2.88. The Balaban J connectivity index is 1.77. The summed E-state index contributed by atoms with van der Waals surface area (Å²) in [5, 5.41) is 5.82. The molecule has 4 rings (SSSR count). The summed E-state index contributed by atoms with van der Waals surface area (Å²) in [5.74, 6) is 0.346. The molecule has 0 fully saturated rings. The molecular weight excluding hydrogens is 473 g/mol. The highest BCUT2D eigenvalue weighted by atomic mass is 19.1. The molecule has 1 amide bonds. The Kier molecular flexibility index (Phi) is 7.57. The third-order valence-corrected chi connectivity index (χ3v) is 5.93. The molecule has 0 aliphatic rings. The summed E-state index contributed by atoms with van der Waals surface area (Å²) < 4.78 is 27.3. The van der Waals surface area contributed by atoms with Gasteiger partial charge in [0.2, 0.25) is 0 Å². The van der Waals surface area contributed by atoms with Crippen molar-refractivity contribution in [3.05, 3.63) is 111 Å². The van der Waals surface area contributed by atoms with E-state index in [1.54, 1.807) is 50.4 Å². The van der Waals surface area contributed by atoms with Crippen molar-refractivity contribution in [1.29, 1.82) is 0 Å². The van der Waals surface area contributed by atoms with Crippen LogP contribution in [0.1, 0.15) is 27.0 Å². The number of pyridine rings is 1. The van der Waals surface area contributed by atoms with Crippen LogP contribution in [0, 0.1) is 19.7 Å². The monoisotopic (exact) mass is 501 g/mol. The molecule has 8 heteroatoms. The maximum absolute atomic E-state index is 14.7. The number of amides is 1. The van der Waals surface area contributed by atoms with Gasteiger partial charge in [-0.2, -0.15) is 0 Å². The lowest BCUT2D eigenvalue weighted by molar-refractivity contribution is 0.0948. The smallest absolute Gasteiger partial charge is 0.259 e. The summed E-state index contributed by atoms with van der Waals surface area (Å²) in [6.07, 6.45) is 0. The Morgan fingerprint density at radius 3 is 2.38 bits per heavy atom. The molecule has 0 unspecified atom stereocenters. The lowest BCUT2D eigenvalue weighted by Crippen LogP contribution is -2.29. The van der Waals surface area contributed by atoms with Crippen LogP contribution in [0.15, 0.2) is 77.6 Å². The quantitative estimate of drug-likeness (QED) is 0.328. The summed E-state index contributed by atoms with van der Waals surface area (Å²) >= 11 is 0. The number of nitrogens with one attached hydrogen (secondary N) is 2. The van der Waals surface area contributed by atoms with Gasteiger partial charge in [0.25, 0.3) is 11.5 Å². The SMILES string of the molecule is COc1ccc(CNC(=O)c2c(Oc3ccccc3C)cc(=O)n(C)c2Nc2ccc(C)cc2F)cc1. The van der Waals surface area contributed by atoms with E-state index in [0.717, 1.165) is 16.7 Å². The second kappa shape index (κ2) is 11.0. The number of benzene rings is 3. The standard InChI is InChI=1S/C29H28FN3O4/c1-18-9-14-23(22(30)15-18)32-28-27(29(35)31-17-20-10-12-21(36-4)13-11-20)25(16-26(34)33(28)3)37-24-8-6-5-7-19(24)2/h5-16,32H,17H2,1-4H3,(H,31,35). The van der Waals surface area contributed by atoms with E-state index in [2.05, 4.69) is 10.6 Å². The number of carbonyl (C=O) groups is 1. The van der Waals surface area contributed by atoms with Crippen molar-refractivity contribution in [1.82, 2.24) is 9.88 Å². The van der Waals surface area contributed by atoms with Gasteiger partial charge in [-0.25, -0.2) is 4.39 Å². The summed E-state index contributed by atoms with van der Waals surface area (Å²) in [6, 6.07) is 20.5. The first-order chi connectivity index (χ1) is 17.8. The van der Waals surface area contributed by atoms with E-state index in [1.165, 1.54) is 23.7 Å². The minimum atomic E-state index is -0.512. The minimum absolute atomic E-state index is 0.0552. The molecule has 0 bridgehead atoms. The van der Waals surface area contributed by atoms with Crippen molar-refractivity contribution >= 4 is 17.4 Å². The molecule has 2 N–H and O–H groups in total. The molecule has 4 aromatic rings. The van der Waals surface area contributed by atoms with E-state index in [1.807, 2.05) is 31.2 Å². The van der Waals surface area contributed by atoms with Crippen LogP contribution in [-0.4, -0.2) is 17.6 Å². The fourth-order valence-electron chi connectivity index (χ4n) is 3.77. The topological polar surface area (TPSA) is 81.6 Å². The third-order valence-electron chi connectivity index (χ3n) is 5.93. The van der Waals surface area contributed by atoms with E-state index in [4.69, 9.17) is 9.47 Å². The first-order valence-electron chi connectivity index (χ1n) is 11.7. The number of halogens is 1. The molecule has 3 aromatic carbocycles. The number of hydrogen-bond donors (Lipinski definition) is 2. The molecule has 37 heavy (non-hydrogen) atoms. The molecule has 0 aliphatic carbocycles. The second-order valence-corrected chi connectivity index (χ2v) is 8.64. The van der Waals surface area contributed by atoms with Gasteiger partial charge >= 0.3 is 0 Å². The molecule has 0 aliphatic heterocycles. The van der Waals surface area contributed by atoms with Gasteiger partial charge in [0, 0.05) is 19.7 Å². The number of aryl methyl sites for hydroxylation is 2. The van der Waals surface area contributed by atoms with Crippen LogP contribution in [0.4, 0.5) is 15.9 Å². The van der Waals surface area contributed by atoms with Crippen LogP contribution >= 0.6 is 0 Å². The van der Waals surface area contributed by atoms with Gasteiger partial charge in [0.05, 0.1) is 12.8 Å². The van der Waals surface area contributed by atoms with Crippen molar-refractivity contribution in [2.75, 3.05) is 12.4 Å². The summed E-state index contributed by atoms with van der Waals surface area (Å²) in [5.41, 5.74) is 2.18. The first-order valence-corrected chi connectivity index (χ1v) is 11.7. The summed E-state index contributed by atoms with van der Waals surface area (Å²) in [7, 11) is 3.09. The third kappa shape index (κ3) is 5.81. The van der Waals surface area contributed by atoms with Crippen LogP contribution in [0.3, 0.4) is 0 Å². The molecule has 7 nitrogen and oxygen atoms in total. The predicted octanol–water partition coefficient (Wildman–Crippen LogP) is 5.62. The highest BCUT2D eigenvalue weighted by Crippen LogP contribution is 2.33. The molecule has 0 spiro atoms. The van der Waals surface area contributed by atoms with Crippen molar-refractivity contribution in [2.24, 2.45) is 7.05 Å². The van der Waals surface area contributed by atoms with Gasteiger partial charge in [-0.1, -0.05) is 36.4 Å². The first kappa shape index (κ1) is 25.5. The number of carbonyl (C=O) groups excluding carboxylic acids is 1. The summed E-state index contributed by atoms with van der Waals surface area (Å²) in [4.78, 5) is 26.5. The van der Waals surface area contributed by atoms with Crippen LogP contribution in [0.5, 0.6) is 17.2 Å². The maximum Gasteiger partial charge on any atom is 0.259 e. The summed E-state index contributed by atoms with van der Waals surface area (Å²) in [6.45, 7) is 3.85. The van der Waals surface area contributed by atoms with E-state index in [9.17, 15) is 14.0 Å². The van der Waals surface area contributed by atoms with Crippen LogP contribution in [0.25, 0.3) is 0 Å². The number of anilines is 2. The Morgan fingerprint density at radius 2 is 1.70 bits per heavy atom. The predicted molar refractivity (Wildman–Crippen MR) is 142 cm³/mol. The molecule has 1 aromatic heterocycles. The van der Waals surface area contributed by atoms with Gasteiger partial charge in [-0.15, -0.1) is 0 Å². The molecule has 0 atom stereocenters. The Hall–Kier alpha value is -4.59. The number of ether oxygens (including phenoxy) is 2. The minimum Gasteiger partial charge on any atom is -0.497 e. The van der Waals surface area contributed by atoms with Gasteiger partial charge in [0.15, 0.2) is 0 Å². The van der Waals surface area contributed by atoms with Crippen molar-refractivity contribution in [3.8, 4) is 17.2 Å². The van der Waals surface area contributed by atoms with Crippen LogP contribution in [-0.2, 0) is 13.6 Å². The molecule has 0 saturated carbocycles. The zero-order chi connectivity index (χ0) is 26.5. The Morgan fingerprint density at radius 1 is 0.973 bits per heavy atom. The average molecular weight is 502 g/mol. The molecule has 190 valence electrons. The molecule has 0 radical (unpaired) electrons. The van der Waals surface area contributed by atoms with E-state index in [0.29, 0.717) is 11.5 Å². The Bertz CT molecular complexity index is 1500. The molecule has 1 heterocycles. The number of nitrogens with zero attached hydrogens (tertiary/aromatic N) is 1. The van der Waals surface area contributed by atoms with Gasteiger partial charge in [0.1, 0.15) is 34.4 Å². The fourth-order valence-corrected chi connectivity index (χ4v) is 3.77. The number of para-hydroxylation sites is 1. The van der Waals surface area contributed by atoms with Crippen LogP contribution < -0.4 is 25.7 Å². The number of rotatable bonds is 8. The van der Waals surface area contributed by atoms with Gasteiger partial charge in [-0.05, 0) is 60.9 Å². The normalized spacial score (nSPS) is 10.6. The lowest BCUT2D eigenvalue weighted by atomic mass is 10.1. The largest absolute Gasteiger partial charge is 0.497 e. The lowest BCUT2D eigenvalue weighted by Gasteiger charge is -2.20. The number of hydrogen-bond acceptors (Lipinski definition) is 5. The van der Waals surface area contributed by atoms with Crippen molar-refractivity contribution < 1.29 is 18.7 Å². The number of aromatic nitrogens is 1. The van der Waals surface area contributed by atoms with Crippen molar-refractivity contribution in [3.63, 3.8) is 0 Å². The fraction of sp³-hybridized carbons (Fsp3) is 0.172. The Labute approximate surface area is 214 Å². The van der Waals surface area contributed by atoms with E-state index < -0.39 is 17.3 Å². The second-order valence-electron chi connectivity index (χ2n) is 8.64. The molecular formula is C29H28FN3O4. The maximum atomic E-state index is 14.7. The number of methoxy groups -OCH3 is 1. The zero-order valence-electron chi connectivity index (χ0n) is 21.1. The highest BCUT2D eigenvalue weighted by molar-refractivity contribution is 6.02. The highest BCUT2D eigenvalue weighted by Gasteiger charge is 2.24. The zero-order valence-corrected chi connectivity index (χ0v) is 21.1. The molecule has 0 saturated heterocycles. The van der Waals surface area contributed by atoms with Gasteiger partial charge < -0.3 is 20.1 Å². The van der Waals surface area contributed by atoms with Crippen molar-refractivity contribution in [2.45, 2.75) is 20.4 Å².